The van der Waals surface area contributed by atoms with Crippen LogP contribution in [-0.4, -0.2) is 6.61 Å². The first-order valence-corrected chi connectivity index (χ1v) is 12.1. The Hall–Kier alpha value is -2.86. The monoisotopic (exact) mass is 446 g/mol. The van der Waals surface area contributed by atoms with Gasteiger partial charge < -0.3 is 4.74 Å². The first-order chi connectivity index (χ1) is 16.1. The van der Waals surface area contributed by atoms with Crippen molar-refractivity contribution in [1.82, 2.24) is 0 Å². The third-order valence-electron chi connectivity index (χ3n) is 7.32. The minimum absolute atomic E-state index is 0.0955. The van der Waals surface area contributed by atoms with Gasteiger partial charge in [0.15, 0.2) is 11.6 Å². The quantitative estimate of drug-likeness (QED) is 0.336. The van der Waals surface area contributed by atoms with Crippen LogP contribution in [0.25, 0.3) is 0 Å². The minimum atomic E-state index is -0.830. The van der Waals surface area contributed by atoms with Crippen LogP contribution in [0.15, 0.2) is 61.2 Å². The number of hydrogen-bond acceptors (Lipinski definition) is 1. The van der Waals surface area contributed by atoms with E-state index in [2.05, 4.69) is 24.5 Å². The summed E-state index contributed by atoms with van der Waals surface area (Å²) in [6.07, 6.45) is 12.5. The molecule has 2 aromatic carbocycles. The Morgan fingerprint density at radius 3 is 2.45 bits per heavy atom. The van der Waals surface area contributed by atoms with Crippen molar-refractivity contribution in [3.8, 4) is 17.6 Å². The maximum Gasteiger partial charge on any atom is 0.174 e. The Balaban J connectivity index is 1.44. The van der Waals surface area contributed by atoms with Crippen LogP contribution >= 0.6 is 0 Å². The summed E-state index contributed by atoms with van der Waals surface area (Å²) < 4.78 is 35.5. The summed E-state index contributed by atoms with van der Waals surface area (Å²) in [6.45, 7) is 6.41. The average molecular weight is 447 g/mol. The van der Waals surface area contributed by atoms with Crippen molar-refractivity contribution in [3.63, 3.8) is 0 Å². The van der Waals surface area contributed by atoms with Gasteiger partial charge in [-0.05, 0) is 105 Å². The number of ether oxygens (including phenoxy) is 1. The topological polar surface area (TPSA) is 9.23 Å². The number of rotatable bonds is 5. The molecule has 0 spiro atoms. The first kappa shape index (κ1) is 23.3. The normalized spacial score (nSPS) is 24.6. The van der Waals surface area contributed by atoms with Crippen molar-refractivity contribution in [2.24, 2.45) is 17.8 Å². The van der Waals surface area contributed by atoms with Gasteiger partial charge in [-0.15, -0.1) is 6.58 Å². The molecular formula is C30H32F2O. The molecule has 0 N–H and O–H groups in total. The van der Waals surface area contributed by atoms with E-state index in [9.17, 15) is 4.39 Å². The lowest BCUT2D eigenvalue weighted by Crippen LogP contribution is -2.30. The van der Waals surface area contributed by atoms with E-state index in [-0.39, 0.29) is 11.5 Å². The molecule has 4 rings (SSSR count). The van der Waals surface area contributed by atoms with Gasteiger partial charge in [-0.1, -0.05) is 36.1 Å². The fraction of sp³-hybridized carbons (Fsp3) is 0.400. The van der Waals surface area contributed by atoms with E-state index in [1.165, 1.54) is 19.3 Å². The van der Waals surface area contributed by atoms with Crippen LogP contribution < -0.4 is 4.74 Å². The van der Waals surface area contributed by atoms with E-state index in [0.717, 1.165) is 30.6 Å². The Labute approximate surface area is 196 Å². The number of allylic oxidation sites excluding steroid dienone is 2. The molecule has 2 aliphatic carbocycles. The second-order valence-electron chi connectivity index (χ2n) is 9.32. The Bertz CT molecular complexity index is 1060. The van der Waals surface area contributed by atoms with Crippen LogP contribution in [0.5, 0.6) is 5.75 Å². The van der Waals surface area contributed by atoms with Gasteiger partial charge in [0, 0.05) is 5.56 Å². The zero-order chi connectivity index (χ0) is 23.2. The third kappa shape index (κ3) is 5.56. The van der Waals surface area contributed by atoms with Crippen LogP contribution in [0.4, 0.5) is 8.78 Å². The van der Waals surface area contributed by atoms with Crippen LogP contribution in [0.2, 0.25) is 0 Å². The fourth-order valence-corrected chi connectivity index (χ4v) is 5.41. The van der Waals surface area contributed by atoms with Crippen molar-refractivity contribution in [3.05, 3.63) is 89.5 Å². The number of halogens is 2. The van der Waals surface area contributed by atoms with Gasteiger partial charge in [0.2, 0.25) is 0 Å². The molecule has 0 bridgehead atoms. The van der Waals surface area contributed by atoms with E-state index in [0.29, 0.717) is 29.9 Å². The van der Waals surface area contributed by atoms with E-state index in [4.69, 9.17) is 4.74 Å². The SMILES string of the molecule is C=CC1CCC2CC(c3ccc(C#Cc4ccc(OC/C=C/C)cc4)c(F)c3F)CCC2C1. The summed E-state index contributed by atoms with van der Waals surface area (Å²) in [4.78, 5) is 0. The molecule has 1 nitrogen and oxygen atoms in total. The van der Waals surface area contributed by atoms with Crippen molar-refractivity contribution in [2.75, 3.05) is 6.61 Å². The van der Waals surface area contributed by atoms with Crippen LogP contribution in [0.3, 0.4) is 0 Å². The number of benzene rings is 2. The molecule has 172 valence electrons. The molecular weight excluding hydrogens is 414 g/mol. The smallest absolute Gasteiger partial charge is 0.174 e. The molecule has 0 saturated heterocycles. The summed E-state index contributed by atoms with van der Waals surface area (Å²) in [7, 11) is 0. The molecule has 33 heavy (non-hydrogen) atoms. The lowest BCUT2D eigenvalue weighted by atomic mass is 9.64. The molecule has 4 atom stereocenters. The predicted octanol–water partition coefficient (Wildman–Crippen LogP) is 7.81. The van der Waals surface area contributed by atoms with Gasteiger partial charge in [0.05, 0.1) is 5.56 Å². The molecule has 2 fully saturated rings. The van der Waals surface area contributed by atoms with Crippen LogP contribution in [0.1, 0.15) is 68.1 Å². The summed E-state index contributed by atoms with van der Waals surface area (Å²) in [5, 5.41) is 0. The van der Waals surface area contributed by atoms with Crippen molar-refractivity contribution in [2.45, 2.75) is 51.4 Å². The lowest BCUT2D eigenvalue weighted by Gasteiger charge is -2.41. The highest BCUT2D eigenvalue weighted by atomic mass is 19.2. The van der Waals surface area contributed by atoms with Gasteiger partial charge in [0.1, 0.15) is 12.4 Å². The summed E-state index contributed by atoms with van der Waals surface area (Å²) >= 11 is 0. The number of fused-ring (bicyclic) bond motifs is 1. The number of hydrogen-bond donors (Lipinski definition) is 0. The van der Waals surface area contributed by atoms with Crippen LogP contribution in [-0.2, 0) is 0 Å². The highest BCUT2D eigenvalue weighted by Gasteiger charge is 2.36. The minimum Gasteiger partial charge on any atom is -0.490 e. The largest absolute Gasteiger partial charge is 0.490 e. The maximum atomic E-state index is 15.0. The third-order valence-corrected chi connectivity index (χ3v) is 7.32. The molecule has 0 aliphatic heterocycles. The Kier molecular flexibility index (Phi) is 7.65. The Morgan fingerprint density at radius 1 is 0.939 bits per heavy atom. The van der Waals surface area contributed by atoms with Gasteiger partial charge in [-0.3, -0.25) is 0 Å². The zero-order valence-corrected chi connectivity index (χ0v) is 19.3. The lowest BCUT2D eigenvalue weighted by molar-refractivity contribution is 0.132. The highest BCUT2D eigenvalue weighted by molar-refractivity contribution is 5.46. The van der Waals surface area contributed by atoms with E-state index >= 15 is 4.39 Å². The first-order valence-electron chi connectivity index (χ1n) is 12.1. The molecule has 2 saturated carbocycles. The maximum absolute atomic E-state index is 15.0. The fourth-order valence-electron chi connectivity index (χ4n) is 5.41. The van der Waals surface area contributed by atoms with E-state index < -0.39 is 11.6 Å². The summed E-state index contributed by atoms with van der Waals surface area (Å²) in [5.74, 6) is 6.97. The molecule has 0 aromatic heterocycles. The second-order valence-corrected chi connectivity index (χ2v) is 9.32. The van der Waals surface area contributed by atoms with Gasteiger partial charge in [-0.25, -0.2) is 8.78 Å². The predicted molar refractivity (Wildman–Crippen MR) is 130 cm³/mol. The molecule has 0 heterocycles. The van der Waals surface area contributed by atoms with E-state index in [1.807, 2.05) is 43.3 Å². The second kappa shape index (κ2) is 10.8. The molecule has 0 radical (unpaired) electrons. The molecule has 0 amide bonds. The average Bonchev–Trinajstić information content (AvgIpc) is 2.85. The molecule has 2 aliphatic rings. The standard InChI is InChI=1S/C30H32F2O/c1-3-5-18-33-27-15-8-22(9-16-27)7-10-23-14-17-28(30(32)29(23)31)26-13-12-24-19-21(4-2)6-11-25(24)20-26/h3-5,8-9,14-17,21,24-26H,2,6,11-13,18-20H2,1H3/b5-3+. The Morgan fingerprint density at radius 2 is 1.70 bits per heavy atom. The van der Waals surface area contributed by atoms with E-state index in [1.54, 1.807) is 12.1 Å². The highest BCUT2D eigenvalue weighted by Crippen LogP contribution is 2.48. The van der Waals surface area contributed by atoms with Crippen LogP contribution in [0, 0.1) is 41.2 Å². The van der Waals surface area contributed by atoms with Crippen molar-refractivity contribution >= 4 is 0 Å². The van der Waals surface area contributed by atoms with Crippen molar-refractivity contribution in [1.29, 1.82) is 0 Å². The zero-order valence-electron chi connectivity index (χ0n) is 19.3. The van der Waals surface area contributed by atoms with Gasteiger partial charge >= 0.3 is 0 Å². The van der Waals surface area contributed by atoms with Crippen molar-refractivity contribution < 1.29 is 13.5 Å². The van der Waals surface area contributed by atoms with Gasteiger partial charge in [-0.2, -0.15) is 0 Å². The molecule has 4 unspecified atom stereocenters. The van der Waals surface area contributed by atoms with Gasteiger partial charge in [0.25, 0.3) is 0 Å². The molecule has 3 heteroatoms. The molecule has 2 aromatic rings. The summed E-state index contributed by atoms with van der Waals surface area (Å²) in [5.41, 5.74) is 1.35. The summed E-state index contributed by atoms with van der Waals surface area (Å²) in [6, 6.07) is 10.7.